The van der Waals surface area contributed by atoms with Crippen LogP contribution in [0.2, 0.25) is 0 Å². The van der Waals surface area contributed by atoms with Gasteiger partial charge in [0.1, 0.15) is 0 Å². The zero-order chi connectivity index (χ0) is 5.91. The lowest BCUT2D eigenvalue weighted by molar-refractivity contribution is 0.814. The molecule has 0 fully saturated rings. The first-order valence-corrected chi connectivity index (χ1v) is 2.91. The zero-order valence-corrected chi connectivity index (χ0v) is 6.11. The predicted octanol–water partition coefficient (Wildman–Crippen LogP) is 1.58. The highest BCUT2D eigenvalue weighted by atomic mass is 35.6. The van der Waals surface area contributed by atoms with Crippen molar-refractivity contribution in [1.29, 1.82) is 0 Å². The van der Waals surface area contributed by atoms with Gasteiger partial charge < -0.3 is 5.32 Å². The molecule has 44 valence electrons. The lowest BCUT2D eigenvalue weighted by atomic mass is 10.7. The zero-order valence-electron chi connectivity index (χ0n) is 3.84. The summed E-state index contributed by atoms with van der Waals surface area (Å²) in [6.07, 6.45) is 0. The van der Waals surface area contributed by atoms with E-state index >= 15 is 0 Å². The summed E-state index contributed by atoms with van der Waals surface area (Å²) in [5.41, 5.74) is 0. The van der Waals surface area contributed by atoms with Crippen molar-refractivity contribution in [1.82, 2.24) is 5.32 Å². The summed E-state index contributed by atoms with van der Waals surface area (Å²) in [4.78, 5) is 0. The second-order valence-electron chi connectivity index (χ2n) is 1.15. The van der Waals surface area contributed by atoms with Crippen LogP contribution in [-0.2, 0) is 0 Å². The summed E-state index contributed by atoms with van der Waals surface area (Å²) in [7, 11) is 1.72. The van der Waals surface area contributed by atoms with Gasteiger partial charge in [-0.25, -0.2) is 0 Å². The van der Waals surface area contributed by atoms with Gasteiger partial charge in [0.15, 0.2) is 0 Å². The van der Waals surface area contributed by atoms with E-state index in [-0.39, 0.29) is 0 Å². The van der Waals surface area contributed by atoms with E-state index in [0.29, 0.717) is 6.54 Å². The van der Waals surface area contributed by atoms with E-state index in [4.69, 9.17) is 34.8 Å². The highest BCUT2D eigenvalue weighted by Crippen LogP contribution is 2.23. The van der Waals surface area contributed by atoms with Gasteiger partial charge in [-0.2, -0.15) is 0 Å². The maximum Gasteiger partial charge on any atom is 0.202 e. The summed E-state index contributed by atoms with van der Waals surface area (Å²) in [6, 6.07) is 0. The first-order chi connectivity index (χ1) is 3.06. The maximum atomic E-state index is 5.30. The van der Waals surface area contributed by atoms with Gasteiger partial charge in [0.2, 0.25) is 3.79 Å². The van der Waals surface area contributed by atoms with Crippen LogP contribution < -0.4 is 5.32 Å². The van der Waals surface area contributed by atoms with Crippen LogP contribution in [0.5, 0.6) is 0 Å². The lowest BCUT2D eigenvalue weighted by Gasteiger charge is -2.07. The first-order valence-electron chi connectivity index (χ1n) is 1.77. The summed E-state index contributed by atoms with van der Waals surface area (Å²) in [5, 5.41) is 2.71. The van der Waals surface area contributed by atoms with Gasteiger partial charge in [0.25, 0.3) is 0 Å². The van der Waals surface area contributed by atoms with Crippen molar-refractivity contribution >= 4 is 34.8 Å². The Morgan fingerprint density at radius 2 is 1.86 bits per heavy atom. The van der Waals surface area contributed by atoms with Gasteiger partial charge in [-0.3, -0.25) is 0 Å². The average molecular weight is 162 g/mol. The Morgan fingerprint density at radius 3 is 1.86 bits per heavy atom. The molecule has 0 aromatic rings. The van der Waals surface area contributed by atoms with Crippen LogP contribution in [-0.4, -0.2) is 17.4 Å². The van der Waals surface area contributed by atoms with Crippen molar-refractivity contribution < 1.29 is 0 Å². The van der Waals surface area contributed by atoms with Gasteiger partial charge in [-0.1, -0.05) is 34.8 Å². The van der Waals surface area contributed by atoms with E-state index < -0.39 is 3.79 Å². The topological polar surface area (TPSA) is 12.0 Å². The molecule has 0 atom stereocenters. The largest absolute Gasteiger partial charge is 0.316 e. The molecule has 0 spiro atoms. The van der Waals surface area contributed by atoms with E-state index in [1.54, 1.807) is 7.05 Å². The molecule has 0 radical (unpaired) electrons. The van der Waals surface area contributed by atoms with Crippen molar-refractivity contribution in [3.05, 3.63) is 0 Å². The van der Waals surface area contributed by atoms with E-state index in [9.17, 15) is 0 Å². The third-order valence-electron chi connectivity index (χ3n) is 0.377. The molecule has 0 unspecified atom stereocenters. The molecule has 0 saturated carbocycles. The number of alkyl halides is 3. The molecule has 0 bridgehead atoms. The van der Waals surface area contributed by atoms with Crippen molar-refractivity contribution in [2.24, 2.45) is 0 Å². The number of rotatable bonds is 1. The average Bonchev–Trinajstić information content (AvgIpc) is 1.30. The maximum absolute atomic E-state index is 5.30. The first kappa shape index (κ1) is 7.83. The summed E-state index contributed by atoms with van der Waals surface area (Å²) < 4.78 is -1.14. The second kappa shape index (κ2) is 2.98. The molecular weight excluding hydrogens is 156 g/mol. The van der Waals surface area contributed by atoms with Crippen LogP contribution in [0, 0.1) is 0 Å². The van der Waals surface area contributed by atoms with Gasteiger partial charge >= 0.3 is 0 Å². The van der Waals surface area contributed by atoms with Crippen LogP contribution in [0.3, 0.4) is 0 Å². The number of halogens is 3. The van der Waals surface area contributed by atoms with Gasteiger partial charge in [-0.05, 0) is 7.05 Å². The molecule has 0 aliphatic rings. The fourth-order valence-electron chi connectivity index (χ4n) is 0.200. The molecule has 0 aromatic heterocycles. The summed E-state index contributed by atoms with van der Waals surface area (Å²) in [6.45, 7) is 0.387. The minimum absolute atomic E-state index is 0.387. The molecule has 0 amide bonds. The molecule has 0 aliphatic heterocycles. The van der Waals surface area contributed by atoms with Crippen molar-refractivity contribution in [3.63, 3.8) is 0 Å². The molecule has 0 saturated heterocycles. The Labute approximate surface area is 57.9 Å². The number of nitrogens with one attached hydrogen (secondary N) is 1. The molecule has 1 nitrogen and oxygen atoms in total. The molecular formula is C3H6Cl3N. The Balaban J connectivity index is 3.15. The quantitative estimate of drug-likeness (QED) is 0.577. The molecule has 0 aromatic carbocycles. The van der Waals surface area contributed by atoms with Crippen LogP contribution in [0.1, 0.15) is 0 Å². The van der Waals surface area contributed by atoms with E-state index in [1.165, 1.54) is 0 Å². The Kier molecular flexibility index (Phi) is 3.33. The van der Waals surface area contributed by atoms with E-state index in [0.717, 1.165) is 0 Å². The SMILES string of the molecule is CNCC(Cl)(Cl)Cl. The van der Waals surface area contributed by atoms with E-state index in [2.05, 4.69) is 5.32 Å². The summed E-state index contributed by atoms with van der Waals surface area (Å²) in [5.74, 6) is 0. The van der Waals surface area contributed by atoms with Gasteiger partial charge in [0, 0.05) is 6.54 Å². The molecule has 0 rings (SSSR count). The highest BCUT2D eigenvalue weighted by molar-refractivity contribution is 6.67. The van der Waals surface area contributed by atoms with E-state index in [1.807, 2.05) is 0 Å². The van der Waals surface area contributed by atoms with Crippen LogP contribution in [0.25, 0.3) is 0 Å². The molecule has 1 N–H and O–H groups in total. The third-order valence-corrected chi connectivity index (χ3v) is 0.778. The van der Waals surface area contributed by atoms with Gasteiger partial charge in [-0.15, -0.1) is 0 Å². The van der Waals surface area contributed by atoms with Gasteiger partial charge in [0.05, 0.1) is 0 Å². The molecule has 7 heavy (non-hydrogen) atoms. The standard InChI is InChI=1S/C3H6Cl3N/c1-7-2-3(4,5)6/h7H,2H2,1H3. The Bertz CT molecular complexity index is 48.6. The predicted molar refractivity (Wildman–Crippen MR) is 34.2 cm³/mol. The van der Waals surface area contributed by atoms with Crippen LogP contribution >= 0.6 is 34.8 Å². The van der Waals surface area contributed by atoms with Crippen molar-refractivity contribution in [2.45, 2.75) is 3.79 Å². The minimum atomic E-state index is -1.14. The number of hydrogen-bond donors (Lipinski definition) is 1. The highest BCUT2D eigenvalue weighted by Gasteiger charge is 2.16. The minimum Gasteiger partial charge on any atom is -0.316 e. The molecule has 0 heterocycles. The molecule has 4 heteroatoms. The van der Waals surface area contributed by atoms with Crippen molar-refractivity contribution in [3.8, 4) is 0 Å². The fourth-order valence-corrected chi connectivity index (χ4v) is 0.601. The Hall–Kier alpha value is 0.830. The lowest BCUT2D eigenvalue weighted by Crippen LogP contribution is -2.22. The number of hydrogen-bond acceptors (Lipinski definition) is 1. The van der Waals surface area contributed by atoms with Crippen molar-refractivity contribution in [2.75, 3.05) is 13.6 Å². The monoisotopic (exact) mass is 161 g/mol. The Morgan fingerprint density at radius 1 is 1.43 bits per heavy atom. The second-order valence-corrected chi connectivity index (χ2v) is 3.66. The smallest absolute Gasteiger partial charge is 0.202 e. The molecule has 0 aliphatic carbocycles. The normalized spacial score (nSPS) is 12.0. The third kappa shape index (κ3) is 6.83. The summed E-state index contributed by atoms with van der Waals surface area (Å²) >= 11 is 15.9. The van der Waals surface area contributed by atoms with Crippen LogP contribution in [0.4, 0.5) is 0 Å². The fraction of sp³-hybridized carbons (Fsp3) is 1.00. The van der Waals surface area contributed by atoms with Crippen LogP contribution in [0.15, 0.2) is 0 Å².